The highest BCUT2D eigenvalue weighted by molar-refractivity contribution is 9.11. The highest BCUT2D eigenvalue weighted by Gasteiger charge is 2.19. The Labute approximate surface area is 130 Å². The molecule has 2 rings (SSSR count). The second-order valence-corrected chi connectivity index (χ2v) is 6.93. The molecule has 0 aliphatic heterocycles. The lowest BCUT2D eigenvalue weighted by atomic mass is 9.87. The van der Waals surface area contributed by atoms with Gasteiger partial charge in [-0.3, -0.25) is 0 Å². The average Bonchev–Trinajstić information content (AvgIpc) is 2.36. The van der Waals surface area contributed by atoms with Gasteiger partial charge in [0.1, 0.15) is 5.75 Å². The normalized spacial score (nSPS) is 23.5. The fraction of sp³-hybridized carbons (Fsp3) is 0.571. The van der Waals surface area contributed by atoms with Crippen LogP contribution >= 0.6 is 31.9 Å². The van der Waals surface area contributed by atoms with Crippen molar-refractivity contribution >= 4 is 31.9 Å². The summed E-state index contributed by atoms with van der Waals surface area (Å²) in [5.74, 6) is 0.812. The van der Waals surface area contributed by atoms with E-state index >= 15 is 0 Å². The van der Waals surface area contributed by atoms with Crippen molar-refractivity contribution in [3.05, 3.63) is 26.6 Å². The number of nitrogens with one attached hydrogen (secondary N) is 1. The van der Waals surface area contributed by atoms with Crippen LogP contribution in [-0.4, -0.2) is 22.9 Å². The van der Waals surface area contributed by atoms with Crippen LogP contribution < -0.4 is 5.32 Å². The number of aromatic hydroxyl groups is 1. The molecule has 1 aliphatic carbocycles. The summed E-state index contributed by atoms with van der Waals surface area (Å²) in [7, 11) is 0. The Balaban J connectivity index is 1.82. The lowest BCUT2D eigenvalue weighted by molar-refractivity contribution is 0.101. The van der Waals surface area contributed by atoms with Gasteiger partial charge in [-0.1, -0.05) is 6.42 Å². The summed E-state index contributed by atoms with van der Waals surface area (Å²) in [5, 5.41) is 22.7. The molecule has 0 saturated heterocycles. The molecule has 1 fully saturated rings. The first kappa shape index (κ1) is 15.3. The van der Waals surface area contributed by atoms with Crippen molar-refractivity contribution in [2.75, 3.05) is 6.54 Å². The second kappa shape index (κ2) is 7.07. The van der Waals surface area contributed by atoms with Crippen molar-refractivity contribution in [2.45, 2.75) is 38.3 Å². The average molecular weight is 393 g/mol. The summed E-state index contributed by atoms with van der Waals surface area (Å²) >= 11 is 6.66. The van der Waals surface area contributed by atoms with Crippen molar-refractivity contribution in [3.8, 4) is 5.75 Å². The van der Waals surface area contributed by atoms with Crippen LogP contribution in [0.1, 0.15) is 31.2 Å². The van der Waals surface area contributed by atoms with Gasteiger partial charge in [0.05, 0.1) is 15.0 Å². The predicted octanol–water partition coefficient (Wildman–Crippen LogP) is 3.56. The summed E-state index contributed by atoms with van der Waals surface area (Å²) < 4.78 is 1.40. The van der Waals surface area contributed by atoms with Crippen LogP contribution in [0.4, 0.5) is 0 Å². The highest BCUT2D eigenvalue weighted by Crippen LogP contribution is 2.33. The zero-order chi connectivity index (χ0) is 13.8. The minimum atomic E-state index is -0.113. The van der Waals surface area contributed by atoms with Gasteiger partial charge in [-0.05, 0) is 81.3 Å². The Hall–Kier alpha value is -0.100. The largest absolute Gasteiger partial charge is 0.506 e. The van der Waals surface area contributed by atoms with Gasteiger partial charge in [0.2, 0.25) is 0 Å². The number of aliphatic hydroxyl groups is 1. The maximum absolute atomic E-state index is 9.65. The molecule has 2 atom stereocenters. The van der Waals surface area contributed by atoms with E-state index in [1.165, 1.54) is 6.42 Å². The van der Waals surface area contributed by atoms with Crippen molar-refractivity contribution in [1.82, 2.24) is 5.32 Å². The number of rotatable bonds is 4. The maximum Gasteiger partial charge on any atom is 0.143 e. The number of aliphatic hydroxyl groups excluding tert-OH is 1. The van der Waals surface area contributed by atoms with Gasteiger partial charge >= 0.3 is 0 Å². The highest BCUT2D eigenvalue weighted by atomic mass is 79.9. The van der Waals surface area contributed by atoms with E-state index in [1.54, 1.807) is 0 Å². The Bertz CT molecular complexity index is 416. The lowest BCUT2D eigenvalue weighted by Gasteiger charge is -2.26. The molecule has 0 amide bonds. The molecule has 0 aromatic heterocycles. The fourth-order valence-corrected chi connectivity index (χ4v) is 3.87. The minimum Gasteiger partial charge on any atom is -0.506 e. The Morgan fingerprint density at radius 2 is 1.89 bits per heavy atom. The molecule has 3 nitrogen and oxygen atoms in total. The molecule has 106 valence electrons. The van der Waals surface area contributed by atoms with E-state index in [2.05, 4.69) is 37.2 Å². The summed E-state index contributed by atoms with van der Waals surface area (Å²) in [4.78, 5) is 0. The third kappa shape index (κ3) is 4.45. The van der Waals surface area contributed by atoms with Crippen LogP contribution in [0.3, 0.4) is 0 Å². The minimum absolute atomic E-state index is 0.113. The summed E-state index contributed by atoms with van der Waals surface area (Å²) in [6.45, 7) is 1.71. The lowest BCUT2D eigenvalue weighted by Crippen LogP contribution is -2.28. The van der Waals surface area contributed by atoms with Gasteiger partial charge < -0.3 is 15.5 Å². The molecular formula is C14H19Br2NO2. The van der Waals surface area contributed by atoms with E-state index < -0.39 is 0 Å². The first-order valence-corrected chi connectivity index (χ1v) is 8.20. The van der Waals surface area contributed by atoms with Crippen molar-refractivity contribution in [1.29, 1.82) is 0 Å². The molecule has 0 spiro atoms. The van der Waals surface area contributed by atoms with Crippen molar-refractivity contribution in [3.63, 3.8) is 0 Å². The zero-order valence-corrected chi connectivity index (χ0v) is 13.9. The number of benzene rings is 1. The third-order valence-corrected chi connectivity index (χ3v) is 4.80. The summed E-state index contributed by atoms with van der Waals surface area (Å²) in [6, 6.07) is 3.84. The van der Waals surface area contributed by atoms with Crippen LogP contribution in [0.15, 0.2) is 21.1 Å². The van der Waals surface area contributed by atoms with Crippen LogP contribution in [0, 0.1) is 5.92 Å². The van der Waals surface area contributed by atoms with Gasteiger partial charge in [-0.15, -0.1) is 0 Å². The number of phenols is 1. The second-order valence-electron chi connectivity index (χ2n) is 5.23. The Morgan fingerprint density at radius 3 is 2.53 bits per heavy atom. The van der Waals surface area contributed by atoms with Crippen LogP contribution in [-0.2, 0) is 6.54 Å². The van der Waals surface area contributed by atoms with Gasteiger partial charge in [0.15, 0.2) is 0 Å². The Kier molecular flexibility index (Phi) is 5.69. The third-order valence-electron chi connectivity index (χ3n) is 3.59. The summed E-state index contributed by atoms with van der Waals surface area (Å²) in [6.07, 6.45) is 4.08. The van der Waals surface area contributed by atoms with Gasteiger partial charge in [0, 0.05) is 6.54 Å². The Morgan fingerprint density at radius 1 is 1.21 bits per heavy atom. The number of halogens is 2. The van der Waals surface area contributed by atoms with Gasteiger partial charge in [-0.2, -0.15) is 0 Å². The molecule has 5 heteroatoms. The maximum atomic E-state index is 9.65. The topological polar surface area (TPSA) is 52.5 Å². The zero-order valence-electron chi connectivity index (χ0n) is 10.7. The molecule has 1 aromatic rings. The number of hydrogen-bond acceptors (Lipinski definition) is 3. The standard InChI is InChI=1S/C14H19Br2NO2/c15-12-5-10(6-13(16)14(12)19)8-17-7-9-2-1-3-11(18)4-9/h5-6,9,11,17-19H,1-4,7-8H2. The van der Waals surface area contributed by atoms with E-state index in [0.717, 1.165) is 37.9 Å². The molecule has 0 radical (unpaired) electrons. The van der Waals surface area contributed by atoms with Gasteiger partial charge in [0.25, 0.3) is 0 Å². The molecule has 0 bridgehead atoms. The predicted molar refractivity (Wildman–Crippen MR) is 83.2 cm³/mol. The molecule has 1 aliphatic rings. The number of phenolic OH excluding ortho intramolecular Hbond substituents is 1. The van der Waals surface area contributed by atoms with Gasteiger partial charge in [-0.25, -0.2) is 0 Å². The molecule has 3 N–H and O–H groups in total. The van der Waals surface area contributed by atoms with Crippen molar-refractivity contribution < 1.29 is 10.2 Å². The first-order chi connectivity index (χ1) is 9.06. The van der Waals surface area contributed by atoms with E-state index in [9.17, 15) is 10.2 Å². The monoisotopic (exact) mass is 391 g/mol. The first-order valence-electron chi connectivity index (χ1n) is 6.62. The van der Waals surface area contributed by atoms with E-state index in [0.29, 0.717) is 14.9 Å². The molecule has 1 saturated carbocycles. The fourth-order valence-electron chi connectivity index (χ4n) is 2.59. The van der Waals surface area contributed by atoms with Crippen LogP contribution in [0.25, 0.3) is 0 Å². The van der Waals surface area contributed by atoms with Crippen LogP contribution in [0.5, 0.6) is 5.75 Å². The molecule has 0 heterocycles. The van der Waals surface area contributed by atoms with Crippen molar-refractivity contribution in [2.24, 2.45) is 5.92 Å². The molecule has 2 unspecified atom stereocenters. The molecular weight excluding hydrogens is 374 g/mol. The van der Waals surface area contributed by atoms with E-state index in [-0.39, 0.29) is 11.9 Å². The summed E-state index contributed by atoms with van der Waals surface area (Å²) in [5.41, 5.74) is 1.12. The SMILES string of the molecule is Oc1c(Br)cc(CNCC2CCCC(O)C2)cc1Br. The number of hydrogen-bond donors (Lipinski definition) is 3. The smallest absolute Gasteiger partial charge is 0.143 e. The molecule has 1 aromatic carbocycles. The van der Waals surface area contributed by atoms with E-state index in [1.807, 2.05) is 12.1 Å². The van der Waals surface area contributed by atoms with E-state index in [4.69, 9.17) is 0 Å². The van der Waals surface area contributed by atoms with Crippen LogP contribution in [0.2, 0.25) is 0 Å². The molecule has 19 heavy (non-hydrogen) atoms. The quantitative estimate of drug-likeness (QED) is 0.734.